The molecule has 3 aromatic carbocycles. The number of rotatable bonds is 6. The van der Waals surface area contributed by atoms with E-state index >= 15 is 0 Å². The number of hydrogen-bond donors (Lipinski definition) is 1. The maximum atomic E-state index is 13.3. The van der Waals surface area contributed by atoms with E-state index in [2.05, 4.69) is 5.32 Å². The Morgan fingerprint density at radius 1 is 0.867 bits per heavy atom. The summed E-state index contributed by atoms with van der Waals surface area (Å²) in [4.78, 5) is 28.5. The van der Waals surface area contributed by atoms with Gasteiger partial charge in [-0.15, -0.1) is 0 Å². The topological polar surface area (TPSA) is 49.4 Å². The van der Waals surface area contributed by atoms with E-state index in [1.807, 2.05) is 30.3 Å². The number of nitrogens with zero attached hydrogens (tertiary/aromatic N) is 1. The molecule has 0 radical (unpaired) electrons. The summed E-state index contributed by atoms with van der Waals surface area (Å²) in [5.74, 6) is -1.19. The van der Waals surface area contributed by atoms with Crippen LogP contribution in [-0.2, 0) is 16.1 Å². The quantitative estimate of drug-likeness (QED) is 0.519. The lowest BCUT2D eigenvalue weighted by molar-refractivity contribution is -0.137. The van der Waals surface area contributed by atoms with Crippen molar-refractivity contribution < 1.29 is 14.0 Å². The van der Waals surface area contributed by atoms with Gasteiger partial charge >= 0.3 is 0 Å². The molecule has 2 amide bonds. The number of carbonyl (C=O) groups is 2. The number of amides is 2. The van der Waals surface area contributed by atoms with Gasteiger partial charge in [-0.3, -0.25) is 14.5 Å². The Labute approximate surface area is 182 Å². The lowest BCUT2D eigenvalue weighted by atomic mass is 10.2. The molecule has 1 heterocycles. The number of nitrogens with one attached hydrogen (secondary N) is 1. The minimum atomic E-state index is -0.426. The van der Waals surface area contributed by atoms with Crippen LogP contribution in [-0.4, -0.2) is 16.7 Å². The highest BCUT2D eigenvalue weighted by Gasteiger charge is 2.39. The van der Waals surface area contributed by atoms with Crippen molar-refractivity contribution in [1.82, 2.24) is 4.90 Å². The van der Waals surface area contributed by atoms with Crippen molar-refractivity contribution in [3.05, 3.63) is 106 Å². The van der Waals surface area contributed by atoms with Crippen molar-refractivity contribution in [3.8, 4) is 0 Å². The van der Waals surface area contributed by atoms with Gasteiger partial charge in [0.25, 0.3) is 11.8 Å². The molecule has 3 aromatic rings. The number of imide groups is 1. The van der Waals surface area contributed by atoms with Crippen LogP contribution in [0.4, 0.5) is 10.1 Å². The van der Waals surface area contributed by atoms with Crippen molar-refractivity contribution in [2.75, 3.05) is 5.32 Å². The van der Waals surface area contributed by atoms with Gasteiger partial charge in [0.1, 0.15) is 16.4 Å². The molecule has 0 bridgehead atoms. The van der Waals surface area contributed by atoms with Crippen LogP contribution in [0.1, 0.15) is 5.56 Å². The number of benzene rings is 3. The van der Waals surface area contributed by atoms with E-state index in [4.69, 9.17) is 11.6 Å². The highest BCUT2D eigenvalue weighted by molar-refractivity contribution is 8.04. The molecule has 0 saturated heterocycles. The SMILES string of the molecule is O=C1C(Nc2ccc(F)cc2)=C(Sc2ccc(Cl)cc2)C(=O)N1Cc1ccccc1. The number of thioether (sulfide) groups is 1. The summed E-state index contributed by atoms with van der Waals surface area (Å²) in [5.41, 5.74) is 1.53. The molecule has 1 N–H and O–H groups in total. The molecular formula is C23H16ClFN2O2S. The molecule has 0 aliphatic carbocycles. The molecule has 0 unspecified atom stereocenters. The van der Waals surface area contributed by atoms with Gasteiger partial charge < -0.3 is 5.32 Å². The zero-order chi connectivity index (χ0) is 21.1. The zero-order valence-corrected chi connectivity index (χ0v) is 17.2. The van der Waals surface area contributed by atoms with Gasteiger partial charge in [0.2, 0.25) is 0 Å². The van der Waals surface area contributed by atoms with E-state index in [1.165, 1.54) is 40.9 Å². The summed E-state index contributed by atoms with van der Waals surface area (Å²) < 4.78 is 13.3. The molecule has 4 rings (SSSR count). The fourth-order valence-electron chi connectivity index (χ4n) is 2.97. The molecule has 0 saturated carbocycles. The number of halogens is 2. The Balaban J connectivity index is 1.67. The van der Waals surface area contributed by atoms with E-state index in [9.17, 15) is 14.0 Å². The van der Waals surface area contributed by atoms with E-state index in [0.717, 1.165) is 10.5 Å². The van der Waals surface area contributed by atoms with Crippen LogP contribution in [0.2, 0.25) is 5.02 Å². The fraction of sp³-hybridized carbons (Fsp3) is 0.0435. The van der Waals surface area contributed by atoms with Crippen LogP contribution in [0.15, 0.2) is 94.4 Å². The summed E-state index contributed by atoms with van der Waals surface area (Å²) in [6.45, 7) is 0.164. The van der Waals surface area contributed by atoms with Gasteiger partial charge in [0.05, 0.1) is 6.54 Å². The van der Waals surface area contributed by atoms with Crippen molar-refractivity contribution in [3.63, 3.8) is 0 Å². The van der Waals surface area contributed by atoms with Gasteiger partial charge in [-0.2, -0.15) is 0 Å². The summed E-state index contributed by atoms with van der Waals surface area (Å²) in [6.07, 6.45) is 0. The highest BCUT2D eigenvalue weighted by atomic mass is 35.5. The predicted octanol–water partition coefficient (Wildman–Crippen LogP) is 5.46. The Morgan fingerprint density at radius 2 is 1.53 bits per heavy atom. The summed E-state index contributed by atoms with van der Waals surface area (Å²) >= 11 is 7.14. The molecule has 7 heteroatoms. The lowest BCUT2D eigenvalue weighted by Gasteiger charge is -2.15. The first-order chi connectivity index (χ1) is 14.5. The van der Waals surface area contributed by atoms with Crippen LogP contribution < -0.4 is 5.32 Å². The maximum Gasteiger partial charge on any atom is 0.278 e. The van der Waals surface area contributed by atoms with Crippen molar-refractivity contribution in [1.29, 1.82) is 0 Å². The predicted molar refractivity (Wildman–Crippen MR) is 116 cm³/mol. The minimum absolute atomic E-state index is 0.164. The Morgan fingerprint density at radius 3 is 2.20 bits per heavy atom. The van der Waals surface area contributed by atoms with E-state index in [-0.39, 0.29) is 28.9 Å². The first-order valence-corrected chi connectivity index (χ1v) is 10.3. The average Bonchev–Trinajstić information content (AvgIpc) is 2.96. The van der Waals surface area contributed by atoms with Gasteiger partial charge in [-0.25, -0.2) is 4.39 Å². The monoisotopic (exact) mass is 438 g/mol. The number of carbonyl (C=O) groups excluding carboxylic acids is 2. The second-order valence-electron chi connectivity index (χ2n) is 6.57. The van der Waals surface area contributed by atoms with Crippen LogP contribution in [0.3, 0.4) is 0 Å². The third kappa shape index (κ3) is 4.40. The van der Waals surface area contributed by atoms with Crippen molar-refractivity contribution >= 4 is 40.9 Å². The van der Waals surface area contributed by atoms with E-state index < -0.39 is 5.91 Å². The third-order valence-electron chi connectivity index (χ3n) is 4.46. The molecular weight excluding hydrogens is 423 g/mol. The second kappa shape index (κ2) is 8.73. The number of anilines is 1. The molecule has 0 aromatic heterocycles. The van der Waals surface area contributed by atoms with Crippen LogP contribution in [0.25, 0.3) is 0 Å². The molecule has 0 atom stereocenters. The van der Waals surface area contributed by atoms with Gasteiger partial charge in [0, 0.05) is 15.6 Å². The Hall–Kier alpha value is -3.09. The highest BCUT2D eigenvalue weighted by Crippen LogP contribution is 2.36. The molecule has 30 heavy (non-hydrogen) atoms. The fourth-order valence-corrected chi connectivity index (χ4v) is 4.04. The van der Waals surface area contributed by atoms with Gasteiger partial charge in [0.15, 0.2) is 0 Å². The molecule has 1 aliphatic heterocycles. The molecule has 150 valence electrons. The van der Waals surface area contributed by atoms with Gasteiger partial charge in [-0.1, -0.05) is 53.7 Å². The maximum absolute atomic E-state index is 13.3. The lowest BCUT2D eigenvalue weighted by Crippen LogP contribution is -2.31. The molecule has 0 fully saturated rings. The van der Waals surface area contributed by atoms with Crippen LogP contribution >= 0.6 is 23.4 Å². The standard InChI is InChI=1S/C23H16ClFN2O2S/c24-16-6-12-19(13-7-16)30-21-20(26-18-10-8-17(25)9-11-18)22(28)27(23(21)29)14-15-4-2-1-3-5-15/h1-13,26H,14H2. The summed E-state index contributed by atoms with van der Waals surface area (Å²) in [5, 5.41) is 3.58. The normalized spacial score (nSPS) is 13.9. The second-order valence-corrected chi connectivity index (χ2v) is 8.09. The van der Waals surface area contributed by atoms with Crippen LogP contribution in [0.5, 0.6) is 0 Å². The summed E-state index contributed by atoms with van der Waals surface area (Å²) in [6, 6.07) is 21.9. The van der Waals surface area contributed by atoms with Gasteiger partial charge in [-0.05, 0) is 54.1 Å². The third-order valence-corrected chi connectivity index (χ3v) is 5.80. The van der Waals surface area contributed by atoms with E-state index in [0.29, 0.717) is 10.7 Å². The molecule has 0 spiro atoms. The van der Waals surface area contributed by atoms with Crippen LogP contribution in [0, 0.1) is 5.82 Å². The zero-order valence-electron chi connectivity index (χ0n) is 15.6. The van der Waals surface area contributed by atoms with E-state index in [1.54, 1.807) is 24.3 Å². The molecule has 1 aliphatic rings. The Bertz CT molecular complexity index is 1050. The molecule has 4 nitrogen and oxygen atoms in total. The van der Waals surface area contributed by atoms with Crippen molar-refractivity contribution in [2.45, 2.75) is 11.4 Å². The Kier molecular flexibility index (Phi) is 5.88. The number of hydrogen-bond acceptors (Lipinski definition) is 4. The summed E-state index contributed by atoms with van der Waals surface area (Å²) in [7, 11) is 0. The minimum Gasteiger partial charge on any atom is -0.350 e. The smallest absolute Gasteiger partial charge is 0.278 e. The largest absolute Gasteiger partial charge is 0.350 e. The first-order valence-electron chi connectivity index (χ1n) is 9.11. The average molecular weight is 439 g/mol. The van der Waals surface area contributed by atoms with Crippen molar-refractivity contribution in [2.24, 2.45) is 0 Å². The first kappa shape index (κ1) is 20.2.